The van der Waals surface area contributed by atoms with Crippen molar-refractivity contribution in [2.75, 3.05) is 4.90 Å². The molecule has 58 heavy (non-hydrogen) atoms. The molecule has 12 rings (SSSR count). The van der Waals surface area contributed by atoms with Crippen LogP contribution in [0.25, 0.3) is 86.3 Å². The lowest BCUT2D eigenvalue weighted by Gasteiger charge is -2.28. The summed E-state index contributed by atoms with van der Waals surface area (Å²) in [4.78, 5) is 2.40. The molecule has 1 aliphatic rings. The summed E-state index contributed by atoms with van der Waals surface area (Å²) >= 11 is 1.87. The number of nitrogens with zero attached hydrogens (tertiary/aromatic N) is 1. The van der Waals surface area contributed by atoms with E-state index in [0.717, 1.165) is 50.0 Å². The number of furan rings is 1. The van der Waals surface area contributed by atoms with Crippen molar-refractivity contribution in [3.63, 3.8) is 0 Å². The van der Waals surface area contributed by atoms with Gasteiger partial charge in [0.25, 0.3) is 0 Å². The van der Waals surface area contributed by atoms with E-state index >= 15 is 0 Å². The molecule has 0 bridgehead atoms. The van der Waals surface area contributed by atoms with Gasteiger partial charge in [-0.25, -0.2) is 0 Å². The molecule has 0 saturated carbocycles. The van der Waals surface area contributed by atoms with Gasteiger partial charge in [0, 0.05) is 58.8 Å². The summed E-state index contributed by atoms with van der Waals surface area (Å²) in [7, 11) is 0. The summed E-state index contributed by atoms with van der Waals surface area (Å²) in [5, 5.41) is 7.27. The molecule has 0 fully saturated rings. The number of rotatable bonds is 5. The first kappa shape index (κ1) is 33.2. The van der Waals surface area contributed by atoms with Crippen LogP contribution < -0.4 is 4.90 Å². The summed E-state index contributed by atoms with van der Waals surface area (Å²) in [6, 6.07) is 68.9. The van der Waals surface area contributed by atoms with Crippen molar-refractivity contribution >= 4 is 81.3 Å². The van der Waals surface area contributed by atoms with E-state index in [0.29, 0.717) is 0 Å². The minimum Gasteiger partial charge on any atom is -0.455 e. The molecule has 9 aromatic carbocycles. The van der Waals surface area contributed by atoms with Crippen molar-refractivity contribution in [3.8, 4) is 33.4 Å². The van der Waals surface area contributed by atoms with Gasteiger partial charge in [0.2, 0.25) is 0 Å². The average Bonchev–Trinajstić information content (AvgIpc) is 3.92. The zero-order chi connectivity index (χ0) is 38.5. The number of benzene rings is 9. The number of thiophene rings is 1. The van der Waals surface area contributed by atoms with E-state index in [1.54, 1.807) is 0 Å². The Morgan fingerprint density at radius 2 is 1.07 bits per heavy atom. The Hall–Kier alpha value is -6.94. The molecule has 0 atom stereocenters. The second kappa shape index (κ2) is 12.5. The Kier molecular flexibility index (Phi) is 7.18. The topological polar surface area (TPSA) is 16.4 Å². The van der Waals surface area contributed by atoms with Crippen LogP contribution in [0, 0.1) is 0 Å². The van der Waals surface area contributed by atoms with E-state index in [1.165, 1.54) is 64.5 Å². The van der Waals surface area contributed by atoms with Crippen LogP contribution in [0.5, 0.6) is 0 Å². The highest BCUT2D eigenvalue weighted by Gasteiger charge is 2.35. The minimum atomic E-state index is -0.107. The maximum Gasteiger partial charge on any atom is 0.143 e. The van der Waals surface area contributed by atoms with Gasteiger partial charge in [-0.2, -0.15) is 0 Å². The largest absolute Gasteiger partial charge is 0.455 e. The normalized spacial score (nSPS) is 13.1. The summed E-state index contributed by atoms with van der Waals surface area (Å²) in [5.41, 5.74) is 15.2. The summed E-state index contributed by atoms with van der Waals surface area (Å²) in [6.07, 6.45) is 0. The molecule has 0 saturated heterocycles. The molecule has 0 aliphatic heterocycles. The Balaban J connectivity index is 0.971. The van der Waals surface area contributed by atoms with Gasteiger partial charge in [-0.15, -0.1) is 11.3 Å². The second-order valence-corrected chi connectivity index (χ2v) is 17.2. The molecule has 2 heterocycles. The molecule has 2 nitrogen and oxygen atoms in total. The molecule has 0 spiro atoms. The van der Waals surface area contributed by atoms with E-state index in [2.05, 4.69) is 207 Å². The predicted octanol–water partition coefficient (Wildman–Crippen LogP) is 16.2. The average molecular weight is 760 g/mol. The first-order valence-electron chi connectivity index (χ1n) is 20.0. The summed E-state index contributed by atoms with van der Waals surface area (Å²) < 4.78 is 9.20. The van der Waals surface area contributed by atoms with Crippen LogP contribution >= 0.6 is 11.3 Å². The molecular formula is C55H37NOS. The second-order valence-electron chi connectivity index (χ2n) is 16.1. The van der Waals surface area contributed by atoms with Gasteiger partial charge in [-0.05, 0) is 111 Å². The Morgan fingerprint density at radius 3 is 1.91 bits per heavy atom. The highest BCUT2D eigenvalue weighted by molar-refractivity contribution is 7.25. The van der Waals surface area contributed by atoms with E-state index in [4.69, 9.17) is 4.42 Å². The van der Waals surface area contributed by atoms with Crippen molar-refractivity contribution in [1.29, 1.82) is 0 Å². The van der Waals surface area contributed by atoms with Gasteiger partial charge in [-0.1, -0.05) is 141 Å². The van der Waals surface area contributed by atoms with Gasteiger partial charge in [-0.3, -0.25) is 0 Å². The van der Waals surface area contributed by atoms with E-state index < -0.39 is 0 Å². The third kappa shape index (κ3) is 4.97. The quantitative estimate of drug-likeness (QED) is 0.174. The summed E-state index contributed by atoms with van der Waals surface area (Å²) in [6.45, 7) is 4.71. The number of hydrogen-bond acceptors (Lipinski definition) is 3. The third-order valence-corrected chi connectivity index (χ3v) is 13.6. The van der Waals surface area contributed by atoms with Crippen LogP contribution in [-0.4, -0.2) is 0 Å². The van der Waals surface area contributed by atoms with Crippen molar-refractivity contribution < 1.29 is 4.42 Å². The smallest absolute Gasteiger partial charge is 0.143 e. The van der Waals surface area contributed by atoms with E-state index in [-0.39, 0.29) is 5.41 Å². The molecule has 3 heteroatoms. The van der Waals surface area contributed by atoms with Crippen LogP contribution in [-0.2, 0) is 5.41 Å². The zero-order valence-electron chi connectivity index (χ0n) is 32.2. The van der Waals surface area contributed by atoms with Crippen LogP contribution in [0.2, 0.25) is 0 Å². The predicted molar refractivity (Wildman–Crippen MR) is 247 cm³/mol. The maximum atomic E-state index is 6.55. The summed E-state index contributed by atoms with van der Waals surface area (Å²) in [5.74, 6) is 0. The van der Waals surface area contributed by atoms with Crippen LogP contribution in [0.3, 0.4) is 0 Å². The monoisotopic (exact) mass is 759 g/mol. The van der Waals surface area contributed by atoms with Gasteiger partial charge < -0.3 is 9.32 Å². The molecule has 0 N–H and O–H groups in total. The fraction of sp³-hybridized carbons (Fsp3) is 0.0545. The zero-order valence-corrected chi connectivity index (χ0v) is 33.0. The van der Waals surface area contributed by atoms with Crippen molar-refractivity contribution in [3.05, 3.63) is 199 Å². The lowest BCUT2D eigenvalue weighted by molar-refractivity contribution is 0.660. The molecule has 0 unspecified atom stereocenters. The SMILES string of the molecule is CC1(C)c2ccccc2-c2ccc(N(c3ccc(-c4ccc5c(c4)sc4ccccc45)cc3)c3ccc(-c4cccc5oc6c7ccccc7ccc6c45)cc3)cc21. The molecule has 0 amide bonds. The van der Waals surface area contributed by atoms with Crippen molar-refractivity contribution in [2.24, 2.45) is 0 Å². The Labute approximate surface area is 340 Å². The first-order valence-corrected chi connectivity index (χ1v) is 20.8. The molecule has 2 aromatic heterocycles. The standard InChI is InChI=1S/C55H37NOS/c1-55(2)48-15-7-5-12-43(48)44-31-28-40(33-49(44)55)56(38-24-18-34(19-25-38)37-23-29-46-45-13-6-8-17-51(45)58-52(46)32-37)39-26-20-36(21-27-39)41-14-9-16-50-53(41)47-30-22-35-10-3-4-11-42(35)54(47)57-50/h3-33H,1-2H3. The number of fused-ring (bicyclic) bond motifs is 11. The lowest BCUT2D eigenvalue weighted by Crippen LogP contribution is -2.16. The highest BCUT2D eigenvalue weighted by Crippen LogP contribution is 2.51. The van der Waals surface area contributed by atoms with Gasteiger partial charge in [0.05, 0.1) is 0 Å². The van der Waals surface area contributed by atoms with Crippen LogP contribution in [0.15, 0.2) is 192 Å². The minimum absolute atomic E-state index is 0.107. The third-order valence-electron chi connectivity index (χ3n) is 12.5. The van der Waals surface area contributed by atoms with E-state index in [1.807, 2.05) is 11.3 Å². The number of hydrogen-bond donors (Lipinski definition) is 0. The fourth-order valence-corrected chi connectivity index (χ4v) is 10.7. The highest BCUT2D eigenvalue weighted by atomic mass is 32.1. The van der Waals surface area contributed by atoms with Crippen LogP contribution in [0.1, 0.15) is 25.0 Å². The molecule has 11 aromatic rings. The Bertz CT molecular complexity index is 3420. The van der Waals surface area contributed by atoms with Gasteiger partial charge in [0.15, 0.2) is 0 Å². The van der Waals surface area contributed by atoms with Crippen molar-refractivity contribution in [1.82, 2.24) is 0 Å². The van der Waals surface area contributed by atoms with Crippen LogP contribution in [0.4, 0.5) is 17.1 Å². The lowest BCUT2D eigenvalue weighted by atomic mass is 9.82. The van der Waals surface area contributed by atoms with Crippen molar-refractivity contribution in [2.45, 2.75) is 19.3 Å². The molecule has 0 radical (unpaired) electrons. The molecular weight excluding hydrogens is 723 g/mol. The molecule has 274 valence electrons. The van der Waals surface area contributed by atoms with E-state index in [9.17, 15) is 0 Å². The first-order chi connectivity index (χ1) is 28.5. The fourth-order valence-electron chi connectivity index (χ4n) is 9.57. The molecule has 1 aliphatic carbocycles. The maximum absolute atomic E-state index is 6.55. The Morgan fingerprint density at radius 1 is 0.431 bits per heavy atom. The number of anilines is 3. The van der Waals surface area contributed by atoms with Gasteiger partial charge >= 0.3 is 0 Å². The van der Waals surface area contributed by atoms with Gasteiger partial charge in [0.1, 0.15) is 11.2 Å².